The Hall–Kier alpha value is -2.92. The Balaban J connectivity index is 0.000000360. The molecule has 1 aromatic carbocycles. The second-order valence-electron chi connectivity index (χ2n) is 8.01. The van der Waals surface area contributed by atoms with E-state index in [2.05, 4.69) is 39.6 Å². The van der Waals surface area contributed by atoms with Crippen LogP contribution >= 0.6 is 0 Å². The summed E-state index contributed by atoms with van der Waals surface area (Å²) in [5.74, 6) is -1.88. The lowest BCUT2D eigenvalue weighted by Crippen LogP contribution is -2.43. The number of nitrogens with zero attached hydrogens (tertiary/aromatic N) is 2. The van der Waals surface area contributed by atoms with E-state index in [0.717, 1.165) is 26.2 Å². The molecule has 0 spiro atoms. The summed E-state index contributed by atoms with van der Waals surface area (Å²) in [5.41, 5.74) is 1.82. The standard InChI is InChI=1S/C19H23N3O3.C2HF3O2/c1-14-17(7-21-25-14)18(23)20-11-19-12-22(9-16(19)10-24-13-19)8-15-5-3-2-4-6-15;3-2(4,5)1(6)7/h2-7,16H,8-13H2,1H3,(H,20,23);(H,6,7)/t16-,19+;/m1./s1. The number of benzene rings is 1. The Kier molecular flexibility index (Phi) is 7.19. The third-order valence-electron chi connectivity index (χ3n) is 5.68. The van der Waals surface area contributed by atoms with Gasteiger partial charge in [-0.1, -0.05) is 35.5 Å². The molecule has 8 nitrogen and oxygen atoms in total. The van der Waals surface area contributed by atoms with Gasteiger partial charge in [-0.15, -0.1) is 0 Å². The molecular weight excluding hydrogens is 431 g/mol. The first-order valence-electron chi connectivity index (χ1n) is 9.94. The second-order valence-corrected chi connectivity index (χ2v) is 8.01. The molecule has 2 N–H and O–H groups in total. The number of halogens is 3. The third-order valence-corrected chi connectivity index (χ3v) is 5.68. The van der Waals surface area contributed by atoms with E-state index in [-0.39, 0.29) is 11.3 Å². The minimum Gasteiger partial charge on any atom is -0.475 e. The third kappa shape index (κ3) is 5.65. The molecule has 2 saturated heterocycles. The number of alkyl halides is 3. The molecule has 11 heteroatoms. The van der Waals surface area contributed by atoms with Crippen LogP contribution in [-0.2, 0) is 16.1 Å². The number of carboxylic acid groups (broad SMARTS) is 1. The molecule has 174 valence electrons. The van der Waals surface area contributed by atoms with Gasteiger partial charge in [-0.2, -0.15) is 13.2 Å². The highest BCUT2D eigenvalue weighted by molar-refractivity contribution is 5.94. The molecule has 0 radical (unpaired) electrons. The maximum Gasteiger partial charge on any atom is 0.490 e. The Labute approximate surface area is 182 Å². The number of aryl methyl sites for hydroxylation is 1. The van der Waals surface area contributed by atoms with E-state index < -0.39 is 12.1 Å². The van der Waals surface area contributed by atoms with Crippen molar-refractivity contribution in [3.8, 4) is 0 Å². The average molecular weight is 455 g/mol. The number of aliphatic carboxylic acids is 1. The predicted octanol–water partition coefficient (Wildman–Crippen LogP) is 2.49. The minimum atomic E-state index is -5.08. The first-order chi connectivity index (χ1) is 15.1. The number of ether oxygens (including phenoxy) is 1. The topological polar surface area (TPSA) is 105 Å². The van der Waals surface area contributed by atoms with Gasteiger partial charge in [0.2, 0.25) is 0 Å². The summed E-state index contributed by atoms with van der Waals surface area (Å²) in [6.45, 7) is 6.73. The number of rotatable bonds is 5. The van der Waals surface area contributed by atoms with Crippen molar-refractivity contribution in [1.29, 1.82) is 0 Å². The van der Waals surface area contributed by atoms with Crippen molar-refractivity contribution < 1.29 is 37.1 Å². The molecule has 4 rings (SSSR count). The molecule has 0 unspecified atom stereocenters. The van der Waals surface area contributed by atoms with Crippen LogP contribution in [0.4, 0.5) is 13.2 Å². The number of aromatic nitrogens is 1. The Bertz CT molecular complexity index is 934. The number of nitrogens with one attached hydrogen (secondary N) is 1. The van der Waals surface area contributed by atoms with Crippen LogP contribution in [0.15, 0.2) is 41.1 Å². The number of hydrogen-bond acceptors (Lipinski definition) is 6. The molecular formula is C21H24F3N3O5. The number of fused-ring (bicyclic) bond motifs is 1. The maximum atomic E-state index is 12.4. The van der Waals surface area contributed by atoms with Crippen LogP contribution in [0.25, 0.3) is 0 Å². The van der Waals surface area contributed by atoms with E-state index in [0.29, 0.717) is 30.4 Å². The zero-order valence-electron chi connectivity index (χ0n) is 17.4. The van der Waals surface area contributed by atoms with Crippen molar-refractivity contribution in [2.24, 2.45) is 11.3 Å². The number of carbonyl (C=O) groups excluding carboxylic acids is 1. The molecule has 0 aliphatic carbocycles. The summed E-state index contributed by atoms with van der Waals surface area (Å²) >= 11 is 0. The van der Waals surface area contributed by atoms with E-state index in [4.69, 9.17) is 19.2 Å². The lowest BCUT2D eigenvalue weighted by molar-refractivity contribution is -0.192. The van der Waals surface area contributed by atoms with Crippen LogP contribution < -0.4 is 5.32 Å². The first-order valence-corrected chi connectivity index (χ1v) is 9.94. The fourth-order valence-corrected chi connectivity index (χ4v) is 4.02. The lowest BCUT2D eigenvalue weighted by Gasteiger charge is -2.27. The fraction of sp³-hybridized carbons (Fsp3) is 0.476. The van der Waals surface area contributed by atoms with Gasteiger partial charge in [0.15, 0.2) is 0 Å². The van der Waals surface area contributed by atoms with Gasteiger partial charge < -0.3 is 19.7 Å². The van der Waals surface area contributed by atoms with Crippen LogP contribution in [0.5, 0.6) is 0 Å². The molecule has 2 fully saturated rings. The summed E-state index contributed by atoms with van der Waals surface area (Å²) in [6.07, 6.45) is -3.61. The van der Waals surface area contributed by atoms with Gasteiger partial charge in [0.1, 0.15) is 11.3 Å². The first kappa shape index (κ1) is 23.7. The molecule has 1 aromatic heterocycles. The van der Waals surface area contributed by atoms with Crippen molar-refractivity contribution >= 4 is 11.9 Å². The monoisotopic (exact) mass is 455 g/mol. The van der Waals surface area contributed by atoms with E-state index >= 15 is 0 Å². The van der Waals surface area contributed by atoms with Crippen LogP contribution in [0.3, 0.4) is 0 Å². The van der Waals surface area contributed by atoms with Crippen LogP contribution in [0.1, 0.15) is 21.7 Å². The van der Waals surface area contributed by atoms with Crippen molar-refractivity contribution in [3.63, 3.8) is 0 Å². The van der Waals surface area contributed by atoms with E-state index in [1.807, 2.05) is 6.07 Å². The molecule has 2 aliphatic heterocycles. The van der Waals surface area contributed by atoms with Gasteiger partial charge in [0, 0.05) is 37.5 Å². The minimum absolute atomic E-state index is 0.00445. The quantitative estimate of drug-likeness (QED) is 0.714. The summed E-state index contributed by atoms with van der Waals surface area (Å²) in [6, 6.07) is 10.5. The molecule has 32 heavy (non-hydrogen) atoms. The predicted molar refractivity (Wildman–Crippen MR) is 106 cm³/mol. The summed E-state index contributed by atoms with van der Waals surface area (Å²) in [5, 5.41) is 13.9. The maximum absolute atomic E-state index is 12.4. The highest BCUT2D eigenvalue weighted by Crippen LogP contribution is 2.41. The van der Waals surface area contributed by atoms with E-state index in [9.17, 15) is 18.0 Å². The second kappa shape index (κ2) is 9.70. The number of amides is 1. The summed E-state index contributed by atoms with van der Waals surface area (Å²) < 4.78 is 42.5. The van der Waals surface area contributed by atoms with Gasteiger partial charge in [0.05, 0.1) is 19.4 Å². The zero-order chi connectivity index (χ0) is 23.4. The van der Waals surface area contributed by atoms with Gasteiger partial charge >= 0.3 is 12.1 Å². The van der Waals surface area contributed by atoms with Crippen molar-refractivity contribution in [3.05, 3.63) is 53.4 Å². The van der Waals surface area contributed by atoms with Crippen LogP contribution in [0, 0.1) is 18.3 Å². The molecule has 2 aromatic rings. The lowest BCUT2D eigenvalue weighted by atomic mass is 9.81. The molecule has 0 saturated carbocycles. The van der Waals surface area contributed by atoms with E-state index in [1.165, 1.54) is 11.8 Å². The number of likely N-dealkylation sites (tertiary alicyclic amines) is 1. The number of hydrogen-bond donors (Lipinski definition) is 2. The summed E-state index contributed by atoms with van der Waals surface area (Å²) in [7, 11) is 0. The van der Waals surface area contributed by atoms with Gasteiger partial charge in [-0.05, 0) is 12.5 Å². The number of carboxylic acids is 1. The molecule has 2 aliphatic rings. The van der Waals surface area contributed by atoms with Crippen LogP contribution in [-0.4, -0.2) is 66.1 Å². The fourth-order valence-electron chi connectivity index (χ4n) is 4.02. The van der Waals surface area contributed by atoms with Crippen molar-refractivity contribution in [1.82, 2.24) is 15.4 Å². The Morgan fingerprint density at radius 1 is 1.31 bits per heavy atom. The van der Waals surface area contributed by atoms with Gasteiger partial charge in [0.25, 0.3) is 5.91 Å². The van der Waals surface area contributed by atoms with Gasteiger partial charge in [-0.3, -0.25) is 9.69 Å². The Morgan fingerprint density at radius 3 is 2.59 bits per heavy atom. The van der Waals surface area contributed by atoms with Gasteiger partial charge in [-0.25, -0.2) is 4.79 Å². The zero-order valence-corrected chi connectivity index (χ0v) is 17.4. The largest absolute Gasteiger partial charge is 0.490 e. The highest BCUT2D eigenvalue weighted by Gasteiger charge is 2.50. The molecule has 2 atom stereocenters. The molecule has 1 amide bonds. The van der Waals surface area contributed by atoms with E-state index in [1.54, 1.807) is 6.92 Å². The SMILES string of the molecule is Cc1oncc1C(=O)NC[C@]12COC[C@H]1CN(Cc1ccccc1)C2.O=C(O)C(F)(F)F. The van der Waals surface area contributed by atoms with Crippen molar-refractivity contribution in [2.75, 3.05) is 32.8 Å². The smallest absolute Gasteiger partial charge is 0.475 e. The highest BCUT2D eigenvalue weighted by atomic mass is 19.4. The molecule has 0 bridgehead atoms. The van der Waals surface area contributed by atoms with Crippen LogP contribution in [0.2, 0.25) is 0 Å². The Morgan fingerprint density at radius 2 is 2.00 bits per heavy atom. The molecule has 3 heterocycles. The number of carbonyl (C=O) groups is 2. The van der Waals surface area contributed by atoms with Crippen molar-refractivity contribution in [2.45, 2.75) is 19.6 Å². The normalized spacial score (nSPS) is 22.7. The average Bonchev–Trinajstić information content (AvgIpc) is 3.41. The summed E-state index contributed by atoms with van der Waals surface area (Å²) in [4.78, 5) is 23.7.